The van der Waals surface area contributed by atoms with Crippen molar-refractivity contribution in [2.45, 2.75) is 6.04 Å². The van der Waals surface area contributed by atoms with Crippen LogP contribution < -0.4 is 10.5 Å². The molecule has 0 aromatic heterocycles. The predicted molar refractivity (Wildman–Crippen MR) is 66.5 cm³/mol. The lowest BCUT2D eigenvalue weighted by molar-refractivity contribution is -0.137. The lowest BCUT2D eigenvalue weighted by Gasteiger charge is -2.36. The van der Waals surface area contributed by atoms with E-state index < -0.39 is 0 Å². The first-order chi connectivity index (χ1) is 8.06. The maximum absolute atomic E-state index is 11.6. The Morgan fingerprint density at radius 1 is 1.47 bits per heavy atom. The highest BCUT2D eigenvalue weighted by Crippen LogP contribution is 2.27. The van der Waals surface area contributed by atoms with Gasteiger partial charge in [0.05, 0.1) is 5.02 Å². The number of nitrogens with zero attached hydrogens (tertiary/aromatic N) is 1. The van der Waals surface area contributed by atoms with Crippen molar-refractivity contribution < 1.29 is 9.53 Å². The summed E-state index contributed by atoms with van der Waals surface area (Å²) in [6.45, 7) is 1.15. The van der Waals surface area contributed by atoms with Gasteiger partial charge >= 0.3 is 0 Å². The van der Waals surface area contributed by atoms with Gasteiger partial charge in [-0.3, -0.25) is 4.79 Å². The Kier molecular flexibility index (Phi) is 3.76. The van der Waals surface area contributed by atoms with Crippen LogP contribution in [0.3, 0.4) is 0 Å². The number of likely N-dealkylation sites (tertiary alicyclic amines) is 1. The second-order valence-corrected chi connectivity index (χ2v) is 4.77. The lowest BCUT2D eigenvalue weighted by Crippen LogP contribution is -2.58. The van der Waals surface area contributed by atoms with Gasteiger partial charge in [-0.1, -0.05) is 23.2 Å². The van der Waals surface area contributed by atoms with Crippen LogP contribution >= 0.6 is 23.2 Å². The van der Waals surface area contributed by atoms with E-state index in [1.165, 1.54) is 0 Å². The molecule has 1 amide bonds. The molecule has 1 fully saturated rings. The molecule has 0 spiro atoms. The van der Waals surface area contributed by atoms with Crippen LogP contribution in [0.4, 0.5) is 0 Å². The van der Waals surface area contributed by atoms with Gasteiger partial charge in [0.15, 0.2) is 6.61 Å². The van der Waals surface area contributed by atoms with E-state index in [4.69, 9.17) is 33.7 Å². The van der Waals surface area contributed by atoms with Crippen molar-refractivity contribution in [3.05, 3.63) is 28.2 Å². The molecule has 0 radical (unpaired) electrons. The molecule has 17 heavy (non-hydrogen) atoms. The molecule has 2 rings (SSSR count). The van der Waals surface area contributed by atoms with Gasteiger partial charge in [-0.2, -0.15) is 0 Å². The van der Waals surface area contributed by atoms with Crippen molar-refractivity contribution in [2.75, 3.05) is 19.7 Å². The van der Waals surface area contributed by atoms with Crippen LogP contribution in [0.2, 0.25) is 10.0 Å². The monoisotopic (exact) mass is 274 g/mol. The molecule has 92 valence electrons. The first-order valence-corrected chi connectivity index (χ1v) is 5.93. The predicted octanol–water partition coefficient (Wildman–Crippen LogP) is 1.54. The van der Waals surface area contributed by atoms with Crippen molar-refractivity contribution in [2.24, 2.45) is 5.73 Å². The van der Waals surface area contributed by atoms with E-state index in [-0.39, 0.29) is 18.6 Å². The van der Waals surface area contributed by atoms with Gasteiger partial charge in [0.2, 0.25) is 0 Å². The molecule has 2 N–H and O–H groups in total. The van der Waals surface area contributed by atoms with Crippen molar-refractivity contribution in [1.29, 1.82) is 0 Å². The zero-order valence-corrected chi connectivity index (χ0v) is 10.5. The van der Waals surface area contributed by atoms with Crippen LogP contribution in [-0.2, 0) is 4.79 Å². The Hall–Kier alpha value is -0.970. The molecule has 0 atom stereocenters. The molecule has 0 aliphatic carbocycles. The topological polar surface area (TPSA) is 55.6 Å². The van der Waals surface area contributed by atoms with Crippen molar-refractivity contribution in [1.82, 2.24) is 4.90 Å². The molecular formula is C11H12Cl2N2O2. The van der Waals surface area contributed by atoms with Gasteiger partial charge in [-0.05, 0) is 18.2 Å². The number of hydrogen-bond acceptors (Lipinski definition) is 3. The first-order valence-electron chi connectivity index (χ1n) is 5.17. The van der Waals surface area contributed by atoms with Crippen molar-refractivity contribution >= 4 is 29.1 Å². The molecule has 1 aromatic rings. The summed E-state index contributed by atoms with van der Waals surface area (Å²) in [5.74, 6) is 0.368. The maximum atomic E-state index is 11.6. The minimum Gasteiger partial charge on any atom is -0.482 e. The Labute approximate surface area is 109 Å². The fourth-order valence-corrected chi connectivity index (χ4v) is 2.00. The minimum atomic E-state index is -0.0854. The van der Waals surface area contributed by atoms with Gasteiger partial charge in [-0.25, -0.2) is 0 Å². The van der Waals surface area contributed by atoms with Gasteiger partial charge in [0.25, 0.3) is 5.91 Å². The van der Waals surface area contributed by atoms with E-state index in [1.807, 2.05) is 0 Å². The minimum absolute atomic E-state index is 0.0337. The van der Waals surface area contributed by atoms with E-state index >= 15 is 0 Å². The van der Waals surface area contributed by atoms with Gasteiger partial charge in [-0.15, -0.1) is 0 Å². The Balaban J connectivity index is 1.87. The number of hydrogen-bond donors (Lipinski definition) is 1. The van der Waals surface area contributed by atoms with E-state index in [0.717, 1.165) is 0 Å². The first kappa shape index (κ1) is 12.5. The van der Waals surface area contributed by atoms with Crippen LogP contribution in [0.25, 0.3) is 0 Å². The Morgan fingerprint density at radius 2 is 2.18 bits per heavy atom. The average molecular weight is 275 g/mol. The van der Waals surface area contributed by atoms with Gasteiger partial charge < -0.3 is 15.4 Å². The van der Waals surface area contributed by atoms with E-state index in [2.05, 4.69) is 0 Å². The normalized spacial score (nSPS) is 15.6. The fourth-order valence-electron chi connectivity index (χ4n) is 1.54. The zero-order chi connectivity index (χ0) is 12.4. The third-order valence-corrected chi connectivity index (χ3v) is 3.04. The summed E-state index contributed by atoms with van der Waals surface area (Å²) >= 11 is 11.7. The number of benzene rings is 1. The van der Waals surface area contributed by atoms with Crippen LogP contribution in [-0.4, -0.2) is 36.5 Å². The number of carbonyl (C=O) groups excluding carboxylic acids is 1. The highest BCUT2D eigenvalue weighted by molar-refractivity contribution is 6.35. The van der Waals surface area contributed by atoms with Crippen LogP contribution in [0, 0.1) is 0 Å². The third-order valence-electron chi connectivity index (χ3n) is 2.51. The number of halogens is 2. The molecule has 1 saturated heterocycles. The van der Waals surface area contributed by atoms with Crippen LogP contribution in [0.1, 0.15) is 0 Å². The number of carbonyl (C=O) groups is 1. The smallest absolute Gasteiger partial charge is 0.260 e. The van der Waals surface area contributed by atoms with E-state index in [1.54, 1.807) is 23.1 Å². The summed E-state index contributed by atoms with van der Waals surface area (Å²) < 4.78 is 5.32. The maximum Gasteiger partial charge on any atom is 0.260 e. The third kappa shape index (κ3) is 3.03. The molecule has 0 bridgehead atoms. The molecule has 0 saturated carbocycles. The van der Waals surface area contributed by atoms with Crippen molar-refractivity contribution in [3.8, 4) is 5.75 Å². The summed E-state index contributed by atoms with van der Waals surface area (Å²) in [6.07, 6.45) is 0. The zero-order valence-electron chi connectivity index (χ0n) is 9.03. The largest absolute Gasteiger partial charge is 0.482 e. The summed E-state index contributed by atoms with van der Waals surface area (Å²) in [5, 5.41) is 0.924. The number of amides is 1. The highest BCUT2D eigenvalue weighted by atomic mass is 35.5. The molecule has 1 aliphatic rings. The van der Waals surface area contributed by atoms with E-state index in [9.17, 15) is 4.79 Å². The Bertz CT molecular complexity index is 433. The molecule has 6 heteroatoms. The van der Waals surface area contributed by atoms with Gasteiger partial charge in [0, 0.05) is 24.2 Å². The quantitative estimate of drug-likeness (QED) is 0.910. The van der Waals surface area contributed by atoms with Crippen LogP contribution in [0.5, 0.6) is 5.75 Å². The molecule has 4 nitrogen and oxygen atoms in total. The number of nitrogens with two attached hydrogens (primary N) is 1. The molecule has 1 heterocycles. The standard InChI is InChI=1S/C11H12Cl2N2O2/c12-7-1-2-10(9(13)3-7)17-6-11(16)15-4-8(14)5-15/h1-3,8H,4-6,14H2. The average Bonchev–Trinajstić information content (AvgIpc) is 2.23. The summed E-state index contributed by atoms with van der Waals surface area (Å²) in [5.41, 5.74) is 5.58. The van der Waals surface area contributed by atoms with E-state index in [0.29, 0.717) is 28.9 Å². The van der Waals surface area contributed by atoms with Gasteiger partial charge in [0.1, 0.15) is 5.75 Å². The summed E-state index contributed by atoms with van der Waals surface area (Å²) in [4.78, 5) is 13.2. The lowest BCUT2D eigenvalue weighted by atomic mass is 10.1. The van der Waals surface area contributed by atoms with Crippen LogP contribution in [0.15, 0.2) is 18.2 Å². The summed E-state index contributed by atoms with van der Waals surface area (Å²) in [6, 6.07) is 4.97. The van der Waals surface area contributed by atoms with Crippen molar-refractivity contribution in [3.63, 3.8) is 0 Å². The number of ether oxygens (including phenoxy) is 1. The second-order valence-electron chi connectivity index (χ2n) is 3.92. The molecule has 0 unspecified atom stereocenters. The SMILES string of the molecule is NC1CN(C(=O)COc2ccc(Cl)cc2Cl)C1. The fraction of sp³-hybridized carbons (Fsp3) is 0.364. The second kappa shape index (κ2) is 5.12. The Morgan fingerprint density at radius 3 is 2.76 bits per heavy atom. The highest BCUT2D eigenvalue weighted by Gasteiger charge is 2.27. The molecule has 1 aromatic carbocycles. The summed E-state index contributed by atoms with van der Waals surface area (Å²) in [7, 11) is 0. The molecule has 1 aliphatic heterocycles. The molecular weight excluding hydrogens is 263 g/mol. The number of rotatable bonds is 3.